The number of hydrogen-bond donors (Lipinski definition) is 2. The third-order valence-electron chi connectivity index (χ3n) is 2.64. The number of nitrogens with two attached hydrogens (primary N) is 2. The maximum absolute atomic E-state index is 13.5. The van der Waals surface area contributed by atoms with Crippen molar-refractivity contribution < 1.29 is 17.5 Å². The van der Waals surface area contributed by atoms with Crippen LogP contribution in [0.3, 0.4) is 0 Å². The van der Waals surface area contributed by atoms with Gasteiger partial charge in [0, 0.05) is 0 Å². The van der Waals surface area contributed by atoms with Gasteiger partial charge in [-0.25, -0.2) is 17.9 Å². The van der Waals surface area contributed by atoms with E-state index in [0.717, 1.165) is 6.07 Å². The number of primary sulfonamides is 1. The fraction of sp³-hybridized carbons (Fsp3) is 0. The van der Waals surface area contributed by atoms with Crippen molar-refractivity contribution in [1.29, 1.82) is 5.26 Å². The lowest BCUT2D eigenvalue weighted by Crippen LogP contribution is -2.14. The van der Waals surface area contributed by atoms with Gasteiger partial charge in [0.1, 0.15) is 28.1 Å². The van der Waals surface area contributed by atoms with Crippen LogP contribution in [0.4, 0.5) is 10.1 Å². The highest BCUT2D eigenvalue weighted by molar-refractivity contribution is 7.89. The first-order chi connectivity index (χ1) is 9.84. The molecule has 0 amide bonds. The Labute approximate surface area is 120 Å². The Morgan fingerprint density at radius 1 is 1.14 bits per heavy atom. The van der Waals surface area contributed by atoms with Crippen LogP contribution in [-0.2, 0) is 10.0 Å². The molecule has 0 spiro atoms. The number of benzene rings is 2. The lowest BCUT2D eigenvalue weighted by molar-refractivity contribution is 0.475. The molecule has 6 nitrogen and oxygen atoms in total. The Hall–Kier alpha value is -2.63. The van der Waals surface area contributed by atoms with E-state index in [9.17, 15) is 12.8 Å². The summed E-state index contributed by atoms with van der Waals surface area (Å²) in [4.78, 5) is -0.310. The second-order valence-corrected chi connectivity index (χ2v) is 5.57. The Morgan fingerprint density at radius 2 is 1.76 bits per heavy atom. The molecule has 0 aliphatic rings. The van der Waals surface area contributed by atoms with Crippen LogP contribution in [0.1, 0.15) is 5.56 Å². The minimum absolute atomic E-state index is 0.0383. The van der Waals surface area contributed by atoms with E-state index in [-0.39, 0.29) is 27.6 Å². The predicted octanol–water partition coefficient (Wildman–Crippen LogP) is 1.72. The van der Waals surface area contributed by atoms with E-state index in [0.29, 0.717) is 0 Å². The molecule has 0 heterocycles. The van der Waals surface area contributed by atoms with Gasteiger partial charge in [-0.15, -0.1) is 0 Å². The summed E-state index contributed by atoms with van der Waals surface area (Å²) in [5.41, 5.74) is 5.16. The van der Waals surface area contributed by atoms with Crippen LogP contribution in [0.15, 0.2) is 41.3 Å². The van der Waals surface area contributed by atoms with Crippen molar-refractivity contribution in [3.8, 4) is 17.6 Å². The molecule has 2 aromatic rings. The van der Waals surface area contributed by atoms with Crippen LogP contribution in [0.2, 0.25) is 0 Å². The number of nitriles is 1. The highest BCUT2D eigenvalue weighted by Crippen LogP contribution is 2.33. The van der Waals surface area contributed by atoms with Gasteiger partial charge in [0.15, 0.2) is 5.75 Å². The molecule has 108 valence electrons. The van der Waals surface area contributed by atoms with Crippen molar-refractivity contribution in [3.63, 3.8) is 0 Å². The Morgan fingerprint density at radius 3 is 2.38 bits per heavy atom. The van der Waals surface area contributed by atoms with Crippen molar-refractivity contribution >= 4 is 15.7 Å². The lowest BCUT2D eigenvalue weighted by atomic mass is 10.2. The van der Waals surface area contributed by atoms with Gasteiger partial charge in [-0.3, -0.25) is 0 Å². The largest absolute Gasteiger partial charge is 0.454 e. The van der Waals surface area contributed by atoms with E-state index >= 15 is 0 Å². The molecule has 0 fully saturated rings. The van der Waals surface area contributed by atoms with Crippen LogP contribution < -0.4 is 15.6 Å². The zero-order valence-electron chi connectivity index (χ0n) is 10.6. The number of ether oxygens (including phenoxy) is 1. The third kappa shape index (κ3) is 2.94. The number of nitrogens with zero attached hydrogens (tertiary/aromatic N) is 1. The Balaban J connectivity index is 2.52. The van der Waals surface area contributed by atoms with Crippen LogP contribution in [0.5, 0.6) is 11.5 Å². The average Bonchev–Trinajstić information content (AvgIpc) is 2.40. The molecule has 0 aliphatic carbocycles. The van der Waals surface area contributed by atoms with Gasteiger partial charge in [0.2, 0.25) is 10.0 Å². The summed E-state index contributed by atoms with van der Waals surface area (Å²) in [6.07, 6.45) is 0. The molecule has 0 saturated carbocycles. The zero-order valence-corrected chi connectivity index (χ0v) is 11.4. The molecular weight excluding hydrogens is 297 g/mol. The highest BCUT2D eigenvalue weighted by Gasteiger charge is 2.17. The van der Waals surface area contributed by atoms with Crippen LogP contribution in [-0.4, -0.2) is 8.42 Å². The monoisotopic (exact) mass is 307 g/mol. The fourth-order valence-corrected chi connectivity index (χ4v) is 2.35. The van der Waals surface area contributed by atoms with Gasteiger partial charge in [-0.2, -0.15) is 5.26 Å². The van der Waals surface area contributed by atoms with Crippen molar-refractivity contribution in [2.45, 2.75) is 4.90 Å². The Kier molecular flexibility index (Phi) is 3.80. The summed E-state index contributed by atoms with van der Waals surface area (Å²) >= 11 is 0. The molecule has 4 N–H and O–H groups in total. The molecule has 0 bridgehead atoms. The number of rotatable bonds is 3. The molecule has 0 saturated heterocycles. The molecule has 8 heteroatoms. The van der Waals surface area contributed by atoms with Crippen molar-refractivity contribution in [1.82, 2.24) is 0 Å². The molecule has 21 heavy (non-hydrogen) atoms. The van der Waals surface area contributed by atoms with Crippen LogP contribution in [0, 0.1) is 17.1 Å². The quantitative estimate of drug-likeness (QED) is 0.837. The number of para-hydroxylation sites is 1. The van der Waals surface area contributed by atoms with E-state index in [1.54, 1.807) is 6.07 Å². The Bertz CT molecular complexity index is 844. The second-order valence-electron chi connectivity index (χ2n) is 4.04. The topological polar surface area (TPSA) is 119 Å². The van der Waals surface area contributed by atoms with Crippen molar-refractivity contribution in [2.24, 2.45) is 5.14 Å². The van der Waals surface area contributed by atoms with Crippen LogP contribution in [0.25, 0.3) is 0 Å². The minimum atomic E-state index is -4.02. The molecule has 0 aromatic heterocycles. The average molecular weight is 307 g/mol. The molecule has 0 unspecified atom stereocenters. The van der Waals surface area contributed by atoms with Gasteiger partial charge in [0.05, 0.1) is 5.69 Å². The van der Waals surface area contributed by atoms with Crippen molar-refractivity contribution in [3.05, 3.63) is 47.8 Å². The summed E-state index contributed by atoms with van der Waals surface area (Å²) in [5, 5.41) is 13.9. The molecule has 0 atom stereocenters. The minimum Gasteiger partial charge on any atom is -0.454 e. The number of sulfonamides is 1. The van der Waals surface area contributed by atoms with Gasteiger partial charge >= 0.3 is 0 Å². The molecule has 2 aromatic carbocycles. The summed E-state index contributed by atoms with van der Waals surface area (Å²) in [6.45, 7) is 0. The number of anilines is 1. The first-order valence-electron chi connectivity index (χ1n) is 5.62. The normalized spacial score (nSPS) is 10.9. The van der Waals surface area contributed by atoms with E-state index in [4.69, 9.17) is 20.9 Å². The molecule has 0 aliphatic heterocycles. The number of hydrogen-bond acceptors (Lipinski definition) is 5. The number of halogens is 1. The SMILES string of the molecule is N#Cc1c(F)cccc1Oc1cccc(S(N)(=O)=O)c1N. The standard InChI is InChI=1S/C13H10FN3O3S/c14-9-3-1-4-10(8(9)7-15)20-11-5-2-6-12(13(11)16)21(17,18)19/h1-6H,16H2,(H2,17,18,19). The summed E-state index contributed by atoms with van der Waals surface area (Å²) in [7, 11) is -4.02. The summed E-state index contributed by atoms with van der Waals surface area (Å²) < 4.78 is 41.5. The smallest absolute Gasteiger partial charge is 0.240 e. The lowest BCUT2D eigenvalue weighted by Gasteiger charge is -2.12. The van der Waals surface area contributed by atoms with Crippen LogP contribution >= 0.6 is 0 Å². The maximum Gasteiger partial charge on any atom is 0.240 e. The van der Waals surface area contributed by atoms with Gasteiger partial charge in [0.25, 0.3) is 0 Å². The van der Waals surface area contributed by atoms with Gasteiger partial charge < -0.3 is 10.5 Å². The summed E-state index contributed by atoms with van der Waals surface area (Å²) in [6, 6.07) is 9.46. The van der Waals surface area contributed by atoms with E-state index in [1.165, 1.54) is 30.3 Å². The van der Waals surface area contributed by atoms with Gasteiger partial charge in [-0.05, 0) is 24.3 Å². The summed E-state index contributed by atoms with van der Waals surface area (Å²) in [5.74, 6) is -0.865. The predicted molar refractivity (Wildman–Crippen MR) is 73.4 cm³/mol. The van der Waals surface area contributed by atoms with Gasteiger partial charge in [-0.1, -0.05) is 12.1 Å². The molecule has 2 rings (SSSR count). The third-order valence-corrected chi connectivity index (χ3v) is 3.61. The highest BCUT2D eigenvalue weighted by atomic mass is 32.2. The first kappa shape index (κ1) is 14.8. The van der Waals surface area contributed by atoms with E-state index in [1.807, 2.05) is 0 Å². The first-order valence-corrected chi connectivity index (χ1v) is 7.17. The fourth-order valence-electron chi connectivity index (χ4n) is 1.68. The maximum atomic E-state index is 13.5. The molecule has 0 radical (unpaired) electrons. The molecular formula is C13H10FN3O3S. The second kappa shape index (κ2) is 5.40. The van der Waals surface area contributed by atoms with E-state index in [2.05, 4.69) is 0 Å². The van der Waals surface area contributed by atoms with E-state index < -0.39 is 15.8 Å². The number of nitrogen functional groups attached to an aromatic ring is 1. The van der Waals surface area contributed by atoms with Crippen molar-refractivity contribution in [2.75, 3.05) is 5.73 Å². The zero-order chi connectivity index (χ0) is 15.6.